The van der Waals surface area contributed by atoms with Crippen molar-refractivity contribution in [1.29, 1.82) is 0 Å². The normalized spacial score (nSPS) is 14.6. The third kappa shape index (κ3) is 8.34. The smallest absolute Gasteiger partial charge is 0.00612 e. The molecule has 0 aliphatic carbocycles. The largest absolute Gasteiger partial charge is 0.0988 e. The maximum Gasteiger partial charge on any atom is 0.00612 e. The summed E-state index contributed by atoms with van der Waals surface area (Å²) in [6.07, 6.45) is 16.5. The van der Waals surface area contributed by atoms with Gasteiger partial charge in [0.15, 0.2) is 0 Å². The minimum Gasteiger partial charge on any atom is -0.0988 e. The van der Waals surface area contributed by atoms with Gasteiger partial charge in [0.05, 0.1) is 0 Å². The molecule has 2 rings (SSSR count). The van der Waals surface area contributed by atoms with Crippen LogP contribution in [0.4, 0.5) is 0 Å². The van der Waals surface area contributed by atoms with Gasteiger partial charge in [-0.15, -0.1) is 0 Å². The summed E-state index contributed by atoms with van der Waals surface area (Å²) in [5, 5.41) is 0. The minimum atomic E-state index is 0.233. The van der Waals surface area contributed by atoms with E-state index in [2.05, 4.69) is 113 Å². The summed E-state index contributed by atoms with van der Waals surface area (Å²) in [7, 11) is 0. The Balaban J connectivity index is 0.00000281. The van der Waals surface area contributed by atoms with Crippen molar-refractivity contribution in [3.05, 3.63) is 144 Å². The second-order valence-electron chi connectivity index (χ2n) is 8.37. The van der Waals surface area contributed by atoms with Crippen molar-refractivity contribution in [3.8, 4) is 0 Å². The Morgan fingerprint density at radius 3 is 1.85 bits per heavy atom. The van der Waals surface area contributed by atoms with Crippen molar-refractivity contribution in [1.82, 2.24) is 0 Å². The molecule has 180 valence electrons. The molecule has 0 radical (unpaired) electrons. The fraction of sp³-hybridized carbons (Fsp3) is 0.294. The molecule has 0 aromatic heterocycles. The average Bonchev–Trinajstić information content (AvgIpc) is 2.89. The standard InChI is InChI=1S/C32H38.C2H6/c1-8-11-14-17-24(4)25(5)30-21-31(26(6)28(10-3)18-12-9-2)23-32(22-30)27(7)29-19-15-13-16-20-29;1-2/h8-23,25-27H,3-4H2,1-2,5-7H3;1-2H3/b11-8-,12-9-,17-14-,28-18+;. The van der Waals surface area contributed by atoms with Crippen LogP contribution in [0.3, 0.4) is 0 Å². The van der Waals surface area contributed by atoms with E-state index in [4.69, 9.17) is 0 Å². The van der Waals surface area contributed by atoms with Crippen LogP contribution in [0.25, 0.3) is 0 Å². The molecule has 34 heavy (non-hydrogen) atoms. The van der Waals surface area contributed by atoms with Crippen molar-refractivity contribution >= 4 is 0 Å². The van der Waals surface area contributed by atoms with Gasteiger partial charge in [0.25, 0.3) is 0 Å². The lowest BCUT2D eigenvalue weighted by Gasteiger charge is -2.22. The first-order valence-electron chi connectivity index (χ1n) is 12.6. The SMILES string of the molecule is C=C/C(=C\C=C/C)C(C)c1cc(C(C)C(=C)/C=C\C=C/C)cc(C(C)c2ccccc2)c1.CC. The fourth-order valence-corrected chi connectivity index (χ4v) is 3.82. The highest BCUT2D eigenvalue weighted by molar-refractivity contribution is 5.46. The van der Waals surface area contributed by atoms with Crippen LogP contribution in [0.1, 0.15) is 88.5 Å². The van der Waals surface area contributed by atoms with Gasteiger partial charge in [0.2, 0.25) is 0 Å². The monoisotopic (exact) mass is 452 g/mol. The van der Waals surface area contributed by atoms with Gasteiger partial charge >= 0.3 is 0 Å². The summed E-state index contributed by atoms with van der Waals surface area (Å²) in [6.45, 7) is 23.3. The molecule has 0 aliphatic rings. The van der Waals surface area contributed by atoms with E-state index in [0.717, 1.165) is 5.57 Å². The Morgan fingerprint density at radius 2 is 1.29 bits per heavy atom. The van der Waals surface area contributed by atoms with Gasteiger partial charge in [-0.1, -0.05) is 145 Å². The third-order valence-corrected chi connectivity index (χ3v) is 6.19. The maximum atomic E-state index is 4.34. The van der Waals surface area contributed by atoms with E-state index in [1.807, 2.05) is 45.9 Å². The zero-order valence-corrected chi connectivity index (χ0v) is 22.4. The first kappa shape index (κ1) is 28.9. The summed E-state index contributed by atoms with van der Waals surface area (Å²) in [5.74, 6) is 0.800. The zero-order valence-electron chi connectivity index (χ0n) is 22.4. The first-order chi connectivity index (χ1) is 16.4. The molecule has 0 aliphatic heterocycles. The van der Waals surface area contributed by atoms with Crippen LogP contribution < -0.4 is 0 Å². The molecule has 0 saturated heterocycles. The van der Waals surface area contributed by atoms with Crippen LogP contribution in [0, 0.1) is 0 Å². The van der Waals surface area contributed by atoms with Crippen LogP contribution in [0.2, 0.25) is 0 Å². The molecule has 3 atom stereocenters. The van der Waals surface area contributed by atoms with E-state index >= 15 is 0 Å². The molecular formula is C34H44. The molecule has 0 nitrogen and oxygen atoms in total. The molecule has 0 spiro atoms. The second-order valence-corrected chi connectivity index (χ2v) is 8.37. The molecule has 0 N–H and O–H groups in total. The Kier molecular flexibility index (Phi) is 13.3. The number of rotatable bonds is 10. The van der Waals surface area contributed by atoms with Crippen molar-refractivity contribution in [3.63, 3.8) is 0 Å². The lowest BCUT2D eigenvalue weighted by Crippen LogP contribution is -2.05. The van der Waals surface area contributed by atoms with E-state index in [1.165, 1.54) is 27.8 Å². The zero-order chi connectivity index (χ0) is 25.5. The van der Waals surface area contributed by atoms with Crippen molar-refractivity contribution < 1.29 is 0 Å². The predicted octanol–water partition coefficient (Wildman–Crippen LogP) is 10.4. The molecular weight excluding hydrogens is 408 g/mol. The number of hydrogen-bond acceptors (Lipinski definition) is 0. The predicted molar refractivity (Wildman–Crippen MR) is 155 cm³/mol. The average molecular weight is 453 g/mol. The van der Waals surface area contributed by atoms with Crippen molar-refractivity contribution in [2.75, 3.05) is 0 Å². The number of benzene rings is 2. The van der Waals surface area contributed by atoms with Gasteiger partial charge in [0.1, 0.15) is 0 Å². The summed E-state index contributed by atoms with van der Waals surface area (Å²) >= 11 is 0. The summed E-state index contributed by atoms with van der Waals surface area (Å²) in [6, 6.07) is 17.8. The molecule has 2 aromatic rings. The molecule has 0 bridgehead atoms. The van der Waals surface area contributed by atoms with Gasteiger partial charge in [-0.2, -0.15) is 0 Å². The Morgan fingerprint density at radius 1 is 0.735 bits per heavy atom. The number of allylic oxidation sites excluding steroid dienone is 10. The summed E-state index contributed by atoms with van der Waals surface area (Å²) in [5.41, 5.74) is 7.61. The van der Waals surface area contributed by atoms with E-state index < -0.39 is 0 Å². The molecule has 0 heteroatoms. The van der Waals surface area contributed by atoms with Crippen LogP contribution >= 0.6 is 0 Å². The quantitative estimate of drug-likeness (QED) is 0.314. The Labute approximate surface area is 209 Å². The number of hydrogen-bond donors (Lipinski definition) is 0. The van der Waals surface area contributed by atoms with Gasteiger partial charge in [-0.05, 0) is 47.2 Å². The highest BCUT2D eigenvalue weighted by atomic mass is 14.2. The Hall–Kier alpha value is -3.12. The van der Waals surface area contributed by atoms with Gasteiger partial charge < -0.3 is 0 Å². The molecule has 0 saturated carbocycles. The highest BCUT2D eigenvalue weighted by Gasteiger charge is 2.18. The van der Waals surface area contributed by atoms with Crippen LogP contribution in [-0.2, 0) is 0 Å². The van der Waals surface area contributed by atoms with Gasteiger partial charge in [-0.25, -0.2) is 0 Å². The van der Waals surface area contributed by atoms with Gasteiger partial charge in [0, 0.05) is 17.8 Å². The van der Waals surface area contributed by atoms with E-state index in [-0.39, 0.29) is 11.8 Å². The van der Waals surface area contributed by atoms with E-state index in [1.54, 1.807) is 0 Å². The molecule has 0 fully saturated rings. The van der Waals surface area contributed by atoms with Crippen LogP contribution in [0.5, 0.6) is 0 Å². The first-order valence-corrected chi connectivity index (χ1v) is 12.6. The highest BCUT2D eigenvalue weighted by Crippen LogP contribution is 2.35. The molecule has 0 heterocycles. The third-order valence-electron chi connectivity index (χ3n) is 6.19. The van der Waals surface area contributed by atoms with E-state index in [9.17, 15) is 0 Å². The second kappa shape index (κ2) is 15.7. The van der Waals surface area contributed by atoms with Crippen molar-refractivity contribution in [2.24, 2.45) is 0 Å². The Bertz CT molecular complexity index is 1010. The van der Waals surface area contributed by atoms with E-state index in [0.29, 0.717) is 5.92 Å². The molecule has 3 unspecified atom stereocenters. The van der Waals surface area contributed by atoms with Crippen molar-refractivity contribution in [2.45, 2.75) is 66.2 Å². The minimum absolute atomic E-state index is 0.233. The molecule has 0 amide bonds. The fourth-order valence-electron chi connectivity index (χ4n) is 3.82. The summed E-state index contributed by atoms with van der Waals surface area (Å²) < 4.78 is 0. The molecule has 2 aromatic carbocycles. The summed E-state index contributed by atoms with van der Waals surface area (Å²) in [4.78, 5) is 0. The maximum absolute atomic E-state index is 4.34. The van der Waals surface area contributed by atoms with Crippen LogP contribution in [-0.4, -0.2) is 0 Å². The lowest BCUT2D eigenvalue weighted by atomic mass is 9.82. The topological polar surface area (TPSA) is 0 Å². The lowest BCUT2D eigenvalue weighted by molar-refractivity contribution is 0.856. The van der Waals surface area contributed by atoms with Gasteiger partial charge in [-0.3, -0.25) is 0 Å². The van der Waals surface area contributed by atoms with Crippen LogP contribution in [0.15, 0.2) is 121 Å².